The molecule has 0 fully saturated rings. The Morgan fingerprint density at radius 1 is 0.395 bits per heavy atom. The Hall–Kier alpha value is -2.32. The topological polar surface area (TPSA) is 0 Å². The zero-order valence-corrected chi connectivity index (χ0v) is 29.6. The van der Waals surface area contributed by atoms with E-state index in [0.29, 0.717) is 0 Å². The second-order valence-electron chi connectivity index (χ2n) is 13.4. The molecule has 0 N–H and O–H groups in total. The molecule has 0 saturated carbocycles. The Balaban J connectivity index is 0.000000621. The molecule has 0 amide bonds. The standard InChI is InChI=1S/C33H46B.C8H20N/c1-5-6-7-8-9-10-11-12-13-14-27-34(31-21-15-28(2)16-22-31,32-23-17-29(3)18-24-32)33-25-19-30(4)20-26-33;1-5-9(6-2,7-3)8-4/h15-26H,5-14,27H2,1-4H3;5-8H2,1-4H3/q-1;+1. The third-order valence-electron chi connectivity index (χ3n) is 10.6. The van der Waals surface area contributed by atoms with Crippen LogP contribution in [0.5, 0.6) is 0 Å². The Labute approximate surface area is 268 Å². The van der Waals surface area contributed by atoms with Crippen LogP contribution in [-0.2, 0) is 0 Å². The number of nitrogens with zero attached hydrogens (tertiary/aromatic N) is 1. The molecule has 43 heavy (non-hydrogen) atoms. The maximum atomic E-state index is 2.39. The van der Waals surface area contributed by atoms with Crippen molar-refractivity contribution >= 4 is 22.5 Å². The van der Waals surface area contributed by atoms with E-state index in [-0.39, 0.29) is 0 Å². The van der Waals surface area contributed by atoms with Crippen LogP contribution >= 0.6 is 0 Å². The average Bonchev–Trinajstić information content (AvgIpc) is 3.03. The van der Waals surface area contributed by atoms with Gasteiger partial charge in [0.2, 0.25) is 0 Å². The summed E-state index contributed by atoms with van der Waals surface area (Å²) in [7, 11) is 0. The number of rotatable bonds is 18. The molecule has 3 aromatic rings. The summed E-state index contributed by atoms with van der Waals surface area (Å²) in [5, 5.41) is 0. The van der Waals surface area contributed by atoms with Crippen molar-refractivity contribution in [1.29, 1.82) is 0 Å². The van der Waals surface area contributed by atoms with Crippen molar-refractivity contribution in [2.75, 3.05) is 26.2 Å². The summed E-state index contributed by atoms with van der Waals surface area (Å²) in [6, 6.07) is 28.2. The predicted octanol–water partition coefficient (Wildman–Crippen LogP) is 9.89. The number of hydrogen-bond acceptors (Lipinski definition) is 0. The minimum atomic E-state index is -0.993. The van der Waals surface area contributed by atoms with Crippen LogP contribution in [0.2, 0.25) is 6.32 Å². The van der Waals surface area contributed by atoms with Crippen LogP contribution in [0.3, 0.4) is 0 Å². The van der Waals surface area contributed by atoms with E-state index < -0.39 is 6.15 Å². The Morgan fingerprint density at radius 2 is 0.674 bits per heavy atom. The van der Waals surface area contributed by atoms with E-state index in [1.807, 2.05) is 0 Å². The molecule has 0 aliphatic rings. The molecule has 0 aromatic heterocycles. The van der Waals surface area contributed by atoms with Crippen molar-refractivity contribution < 1.29 is 4.48 Å². The van der Waals surface area contributed by atoms with Gasteiger partial charge in [-0.05, 0) is 48.5 Å². The molecule has 0 atom stereocenters. The molecular formula is C41H66BN. The quantitative estimate of drug-likeness (QED) is 0.0794. The minimum absolute atomic E-state index is 0.993. The summed E-state index contributed by atoms with van der Waals surface area (Å²) in [6.07, 6.45) is 14.0. The van der Waals surface area contributed by atoms with E-state index in [1.54, 1.807) is 0 Å². The van der Waals surface area contributed by atoms with Crippen LogP contribution < -0.4 is 16.4 Å². The van der Waals surface area contributed by atoms with E-state index >= 15 is 0 Å². The highest BCUT2D eigenvalue weighted by Crippen LogP contribution is 2.20. The lowest BCUT2D eigenvalue weighted by Gasteiger charge is -2.43. The average molecular weight is 584 g/mol. The van der Waals surface area contributed by atoms with Crippen LogP contribution in [0.25, 0.3) is 0 Å². The Bertz CT molecular complexity index is 981. The van der Waals surface area contributed by atoms with Crippen LogP contribution in [0.1, 0.15) is 116 Å². The second kappa shape index (κ2) is 19.9. The van der Waals surface area contributed by atoms with Gasteiger partial charge in [-0.25, -0.2) is 0 Å². The fourth-order valence-corrected chi connectivity index (χ4v) is 7.04. The predicted molar refractivity (Wildman–Crippen MR) is 197 cm³/mol. The van der Waals surface area contributed by atoms with Gasteiger partial charge in [0, 0.05) is 0 Å². The first-order valence-electron chi connectivity index (χ1n) is 18.0. The van der Waals surface area contributed by atoms with Gasteiger partial charge in [-0.2, -0.15) is 22.7 Å². The molecule has 1 nitrogen and oxygen atoms in total. The van der Waals surface area contributed by atoms with E-state index in [0.717, 1.165) is 0 Å². The SMILES string of the molecule is CCCCCCCCCCCC[B-](c1ccc(C)cc1)(c1ccc(C)cc1)c1ccc(C)cc1.CC[N+](CC)(CC)CC. The van der Waals surface area contributed by atoms with Crippen molar-refractivity contribution in [1.82, 2.24) is 0 Å². The van der Waals surface area contributed by atoms with Crippen molar-refractivity contribution in [2.24, 2.45) is 0 Å². The van der Waals surface area contributed by atoms with E-state index in [1.165, 1.54) is 134 Å². The van der Waals surface area contributed by atoms with Gasteiger partial charge in [-0.15, -0.1) is 0 Å². The van der Waals surface area contributed by atoms with Gasteiger partial charge in [0.25, 0.3) is 0 Å². The van der Waals surface area contributed by atoms with Gasteiger partial charge >= 0.3 is 0 Å². The van der Waals surface area contributed by atoms with Gasteiger partial charge in [0.05, 0.1) is 32.3 Å². The molecule has 0 aliphatic carbocycles. The van der Waals surface area contributed by atoms with Crippen LogP contribution in [0, 0.1) is 20.8 Å². The van der Waals surface area contributed by atoms with Crippen LogP contribution in [0.4, 0.5) is 0 Å². The highest BCUT2D eigenvalue weighted by molar-refractivity contribution is 7.11. The van der Waals surface area contributed by atoms with Gasteiger partial charge in [0.15, 0.2) is 0 Å². The number of aryl methyl sites for hydroxylation is 3. The highest BCUT2D eigenvalue weighted by atomic mass is 15.3. The lowest BCUT2D eigenvalue weighted by atomic mass is 9.14. The van der Waals surface area contributed by atoms with Crippen molar-refractivity contribution in [2.45, 2.75) is 126 Å². The maximum Gasteiger partial charge on any atom is 0.0814 e. The summed E-state index contributed by atoms with van der Waals surface area (Å²) >= 11 is 0. The third kappa shape index (κ3) is 11.3. The molecule has 3 rings (SSSR count). The van der Waals surface area contributed by atoms with Crippen molar-refractivity contribution in [3.05, 3.63) is 89.5 Å². The molecule has 0 heterocycles. The van der Waals surface area contributed by atoms with Gasteiger partial charge in [-0.1, -0.05) is 161 Å². The van der Waals surface area contributed by atoms with Crippen LogP contribution in [-0.4, -0.2) is 36.8 Å². The number of benzene rings is 3. The minimum Gasteiger partial charge on any atom is -0.325 e. The first-order valence-corrected chi connectivity index (χ1v) is 18.0. The summed E-state index contributed by atoms with van der Waals surface area (Å²) in [5.74, 6) is 0. The maximum absolute atomic E-state index is 2.39. The summed E-state index contributed by atoms with van der Waals surface area (Å²) in [4.78, 5) is 0. The monoisotopic (exact) mass is 584 g/mol. The molecule has 238 valence electrons. The largest absolute Gasteiger partial charge is 0.325 e. The normalized spacial score (nSPS) is 11.7. The summed E-state index contributed by atoms with van der Waals surface area (Å²) in [5.41, 5.74) is 8.44. The van der Waals surface area contributed by atoms with Gasteiger partial charge in [0.1, 0.15) is 0 Å². The fraction of sp³-hybridized carbons (Fsp3) is 0.561. The first kappa shape index (κ1) is 36.9. The second-order valence-corrected chi connectivity index (χ2v) is 13.4. The smallest absolute Gasteiger partial charge is 0.0814 e. The lowest BCUT2D eigenvalue weighted by molar-refractivity contribution is -0.921. The molecule has 0 spiro atoms. The highest BCUT2D eigenvalue weighted by Gasteiger charge is 2.29. The van der Waals surface area contributed by atoms with E-state index in [2.05, 4.69) is 128 Å². The number of quaternary nitrogens is 1. The van der Waals surface area contributed by atoms with Gasteiger partial charge < -0.3 is 4.48 Å². The molecule has 0 unspecified atom stereocenters. The lowest BCUT2D eigenvalue weighted by Crippen LogP contribution is -2.67. The Morgan fingerprint density at radius 3 is 0.930 bits per heavy atom. The molecule has 2 heteroatoms. The fourth-order valence-electron chi connectivity index (χ4n) is 7.04. The first-order chi connectivity index (χ1) is 20.8. The number of hydrogen-bond donors (Lipinski definition) is 0. The summed E-state index contributed by atoms with van der Waals surface area (Å²) in [6.45, 7) is 23.1. The number of unbranched alkanes of at least 4 members (excludes halogenated alkanes) is 9. The third-order valence-corrected chi connectivity index (χ3v) is 10.6. The molecule has 0 aliphatic heterocycles. The molecule has 0 bridgehead atoms. The van der Waals surface area contributed by atoms with Crippen molar-refractivity contribution in [3.63, 3.8) is 0 Å². The molecule has 0 saturated heterocycles. The molecule has 3 aromatic carbocycles. The van der Waals surface area contributed by atoms with Gasteiger partial charge in [-0.3, -0.25) is 0 Å². The van der Waals surface area contributed by atoms with Crippen LogP contribution in [0.15, 0.2) is 72.8 Å². The van der Waals surface area contributed by atoms with E-state index in [9.17, 15) is 0 Å². The molecule has 0 radical (unpaired) electrons. The Kier molecular flexibility index (Phi) is 17.0. The molecular weight excluding hydrogens is 517 g/mol. The van der Waals surface area contributed by atoms with Crippen molar-refractivity contribution in [3.8, 4) is 0 Å². The zero-order chi connectivity index (χ0) is 31.6. The van der Waals surface area contributed by atoms with E-state index in [4.69, 9.17) is 0 Å². The zero-order valence-electron chi connectivity index (χ0n) is 29.6. The summed E-state index contributed by atoms with van der Waals surface area (Å²) < 4.78 is 1.28.